The van der Waals surface area contributed by atoms with Crippen LogP contribution in [0.4, 0.5) is 0 Å². The maximum absolute atomic E-state index is 12.4. The molecule has 4 nitrogen and oxygen atoms in total. The molecule has 0 spiro atoms. The molecule has 2 aromatic carbocycles. The Hall–Kier alpha value is -2.24. The number of benzene rings is 2. The molecule has 2 heterocycles. The second-order valence-corrected chi connectivity index (χ2v) is 9.22. The number of para-hydroxylation sites is 1. The molecule has 1 amide bonds. The zero-order valence-corrected chi connectivity index (χ0v) is 17.9. The minimum atomic E-state index is 0.0886. The molecule has 1 atom stereocenters. The number of carbonyl (C=O) groups excluding carboxylic acids is 1. The number of fused-ring (bicyclic) bond motifs is 1. The molecule has 1 aliphatic heterocycles. The molecule has 4 rings (SSSR count). The van der Waals surface area contributed by atoms with Gasteiger partial charge in [-0.15, -0.1) is 11.3 Å². The quantitative estimate of drug-likeness (QED) is 0.613. The maximum atomic E-state index is 12.4. The highest BCUT2D eigenvalue weighted by molar-refractivity contribution is 7.18. The highest BCUT2D eigenvalue weighted by atomic mass is 32.1. The van der Waals surface area contributed by atoms with Crippen molar-refractivity contribution in [2.75, 3.05) is 13.1 Å². The average Bonchev–Trinajstić information content (AvgIpc) is 3.15. The van der Waals surface area contributed by atoms with Crippen molar-refractivity contribution in [3.8, 4) is 0 Å². The van der Waals surface area contributed by atoms with E-state index in [-0.39, 0.29) is 5.91 Å². The summed E-state index contributed by atoms with van der Waals surface area (Å²) in [5, 5.41) is 4.14. The van der Waals surface area contributed by atoms with Gasteiger partial charge in [0.1, 0.15) is 0 Å². The lowest BCUT2D eigenvalue weighted by Gasteiger charge is -2.31. The third-order valence-electron chi connectivity index (χ3n) is 5.63. The number of piperidine rings is 1. The number of hydrogen-bond acceptors (Lipinski definition) is 4. The highest BCUT2D eigenvalue weighted by Gasteiger charge is 2.17. The normalized spacial score (nSPS) is 17.5. The molecule has 3 aromatic rings. The minimum Gasteiger partial charge on any atom is -0.352 e. The summed E-state index contributed by atoms with van der Waals surface area (Å²) in [6.07, 6.45) is 3.79. The van der Waals surface area contributed by atoms with Gasteiger partial charge in [0, 0.05) is 32.5 Å². The second-order valence-electron chi connectivity index (χ2n) is 8.10. The van der Waals surface area contributed by atoms with Crippen molar-refractivity contribution in [3.05, 3.63) is 64.7 Å². The fraction of sp³-hybridized carbons (Fsp3) is 0.417. The molecule has 1 saturated heterocycles. The highest BCUT2D eigenvalue weighted by Crippen LogP contribution is 2.22. The lowest BCUT2D eigenvalue weighted by Crippen LogP contribution is -2.34. The largest absolute Gasteiger partial charge is 0.352 e. The molecule has 29 heavy (non-hydrogen) atoms. The van der Waals surface area contributed by atoms with Crippen LogP contribution in [0.2, 0.25) is 0 Å². The van der Waals surface area contributed by atoms with Crippen LogP contribution < -0.4 is 5.32 Å². The fourth-order valence-electron chi connectivity index (χ4n) is 4.08. The summed E-state index contributed by atoms with van der Waals surface area (Å²) >= 11 is 1.68. The van der Waals surface area contributed by atoms with E-state index in [9.17, 15) is 4.79 Å². The molecule has 5 heteroatoms. The molecule has 0 radical (unpaired) electrons. The number of aromatic nitrogens is 1. The maximum Gasteiger partial charge on any atom is 0.220 e. The van der Waals surface area contributed by atoms with E-state index in [0.717, 1.165) is 23.0 Å². The number of aryl methyl sites for hydroxylation is 1. The van der Waals surface area contributed by atoms with Gasteiger partial charge >= 0.3 is 0 Å². The summed E-state index contributed by atoms with van der Waals surface area (Å²) in [7, 11) is 0. The van der Waals surface area contributed by atoms with Crippen molar-refractivity contribution in [2.45, 2.75) is 45.7 Å². The lowest BCUT2D eigenvalue weighted by atomic mass is 9.99. The van der Waals surface area contributed by atoms with Crippen molar-refractivity contribution < 1.29 is 4.79 Å². The van der Waals surface area contributed by atoms with Crippen molar-refractivity contribution in [1.82, 2.24) is 15.2 Å². The first-order valence-electron chi connectivity index (χ1n) is 10.6. The third-order valence-corrected chi connectivity index (χ3v) is 6.73. The minimum absolute atomic E-state index is 0.0886. The van der Waals surface area contributed by atoms with Crippen LogP contribution in [0.1, 0.15) is 42.3 Å². The number of nitrogens with zero attached hydrogens (tertiary/aromatic N) is 2. The molecule has 1 N–H and O–H groups in total. The third kappa shape index (κ3) is 5.43. The van der Waals surface area contributed by atoms with Crippen LogP contribution in [0.5, 0.6) is 0 Å². The first-order chi connectivity index (χ1) is 14.2. The van der Waals surface area contributed by atoms with Crippen LogP contribution in [0.3, 0.4) is 0 Å². The molecule has 1 fully saturated rings. The van der Waals surface area contributed by atoms with Crippen LogP contribution in [-0.4, -0.2) is 28.9 Å². The molecule has 0 bridgehead atoms. The van der Waals surface area contributed by atoms with Crippen LogP contribution >= 0.6 is 11.3 Å². The number of thiazole rings is 1. The fourth-order valence-corrected chi connectivity index (χ4v) is 5.05. The summed E-state index contributed by atoms with van der Waals surface area (Å²) in [5.74, 6) is 0.865. The Balaban J connectivity index is 1.29. The van der Waals surface area contributed by atoms with Crippen LogP contribution in [0, 0.1) is 5.92 Å². The molecular formula is C24H29N3OS. The van der Waals surface area contributed by atoms with Gasteiger partial charge in [0.2, 0.25) is 5.91 Å². The Labute approximate surface area is 177 Å². The number of nitrogens with one attached hydrogen (secondary N) is 1. The lowest BCUT2D eigenvalue weighted by molar-refractivity contribution is -0.121. The van der Waals surface area contributed by atoms with Crippen LogP contribution in [-0.2, 0) is 24.3 Å². The number of rotatable bonds is 7. The monoisotopic (exact) mass is 407 g/mol. The Bertz CT molecular complexity index is 934. The Morgan fingerprint density at radius 2 is 1.97 bits per heavy atom. The second kappa shape index (κ2) is 9.51. The predicted octanol–water partition coefficient (Wildman–Crippen LogP) is 4.78. The summed E-state index contributed by atoms with van der Waals surface area (Å²) in [4.78, 5) is 19.6. The van der Waals surface area contributed by atoms with Gasteiger partial charge in [-0.25, -0.2) is 4.98 Å². The molecule has 1 unspecified atom stereocenters. The van der Waals surface area contributed by atoms with Crippen molar-refractivity contribution in [3.63, 3.8) is 0 Å². The molecule has 1 aromatic heterocycles. The van der Waals surface area contributed by atoms with Gasteiger partial charge in [-0.2, -0.15) is 0 Å². The van der Waals surface area contributed by atoms with E-state index in [1.54, 1.807) is 11.3 Å². The van der Waals surface area contributed by atoms with E-state index in [0.29, 0.717) is 19.4 Å². The summed E-state index contributed by atoms with van der Waals surface area (Å²) < 4.78 is 1.18. The first kappa shape index (κ1) is 20.0. The number of likely N-dealkylation sites (tertiary alicyclic amines) is 1. The number of carbonyl (C=O) groups is 1. The molecule has 152 valence electrons. The van der Waals surface area contributed by atoms with E-state index in [4.69, 9.17) is 0 Å². The van der Waals surface area contributed by atoms with Crippen molar-refractivity contribution in [2.24, 2.45) is 5.92 Å². The van der Waals surface area contributed by atoms with Crippen LogP contribution in [0.25, 0.3) is 10.2 Å². The smallest absolute Gasteiger partial charge is 0.220 e. The summed E-state index contributed by atoms with van der Waals surface area (Å²) in [6.45, 7) is 6.25. The Kier molecular flexibility index (Phi) is 6.57. The van der Waals surface area contributed by atoms with Gasteiger partial charge in [0.15, 0.2) is 0 Å². The van der Waals surface area contributed by atoms with E-state index in [1.807, 2.05) is 18.2 Å². The van der Waals surface area contributed by atoms with Gasteiger partial charge in [-0.1, -0.05) is 43.3 Å². The molecular weight excluding hydrogens is 378 g/mol. The molecule has 1 aliphatic rings. The number of amides is 1. The standard InChI is InChI=1S/C24H29N3OS/c1-18-7-6-14-27(16-18)17-20-9-3-2-8-19(20)15-25-23(28)12-13-24-26-21-10-4-5-11-22(21)29-24/h2-5,8-11,18H,6-7,12-17H2,1H3,(H,25,28). The SMILES string of the molecule is CC1CCCN(Cc2ccccc2CNC(=O)CCc2nc3ccccc3s2)C1. The van der Waals surface area contributed by atoms with E-state index < -0.39 is 0 Å². The van der Waals surface area contributed by atoms with Gasteiger partial charge in [-0.05, 0) is 48.6 Å². The number of hydrogen-bond donors (Lipinski definition) is 1. The Morgan fingerprint density at radius 3 is 2.79 bits per heavy atom. The topological polar surface area (TPSA) is 45.2 Å². The zero-order valence-electron chi connectivity index (χ0n) is 17.1. The van der Waals surface area contributed by atoms with Gasteiger partial charge < -0.3 is 5.32 Å². The van der Waals surface area contributed by atoms with E-state index in [2.05, 4.69) is 52.5 Å². The molecule has 0 saturated carbocycles. The van der Waals surface area contributed by atoms with Gasteiger partial charge in [-0.3, -0.25) is 9.69 Å². The molecule has 0 aliphatic carbocycles. The van der Waals surface area contributed by atoms with E-state index >= 15 is 0 Å². The average molecular weight is 408 g/mol. The van der Waals surface area contributed by atoms with Crippen molar-refractivity contribution >= 4 is 27.5 Å². The predicted molar refractivity (Wildman–Crippen MR) is 120 cm³/mol. The summed E-state index contributed by atoms with van der Waals surface area (Å²) in [6, 6.07) is 16.6. The van der Waals surface area contributed by atoms with Gasteiger partial charge in [0.25, 0.3) is 0 Å². The van der Waals surface area contributed by atoms with Crippen molar-refractivity contribution in [1.29, 1.82) is 0 Å². The summed E-state index contributed by atoms with van der Waals surface area (Å²) in [5.41, 5.74) is 3.57. The zero-order chi connectivity index (χ0) is 20.1. The first-order valence-corrected chi connectivity index (χ1v) is 11.4. The van der Waals surface area contributed by atoms with Crippen LogP contribution in [0.15, 0.2) is 48.5 Å². The van der Waals surface area contributed by atoms with Gasteiger partial charge in [0.05, 0.1) is 15.2 Å². The Morgan fingerprint density at radius 1 is 1.17 bits per heavy atom. The van der Waals surface area contributed by atoms with E-state index in [1.165, 1.54) is 41.8 Å².